The summed E-state index contributed by atoms with van der Waals surface area (Å²) >= 11 is 3.26. The fraction of sp³-hybridized carbons (Fsp3) is 0.440. The van der Waals surface area contributed by atoms with E-state index >= 15 is 0 Å². The Hall–Kier alpha value is -4.70. The molecular weight excluding hydrogens is 1310 g/mol. The molecule has 0 unspecified atom stereocenters. The molecule has 85 heavy (non-hydrogen) atoms. The predicted molar refractivity (Wildman–Crippen MR) is 345 cm³/mol. The molecule has 0 atom stereocenters. The molecule has 4 saturated heterocycles. The molecule has 4 N–H and O–H groups in total. The van der Waals surface area contributed by atoms with E-state index in [1.807, 2.05) is 162 Å². The first-order valence-electron chi connectivity index (χ1n) is 29.7. The zero-order chi connectivity index (χ0) is 63.4. The number of para-hydroxylation sites is 4. The minimum absolute atomic E-state index is 0.156. The molecule has 8 nitrogen and oxygen atoms in total. The monoisotopic (exact) mass is 1410 g/mol. The summed E-state index contributed by atoms with van der Waals surface area (Å²) in [4.78, 5) is 0. The summed E-state index contributed by atoms with van der Waals surface area (Å²) in [5.74, 6) is 1.15. The molecule has 4 heterocycles. The first kappa shape index (κ1) is 74.5. The Morgan fingerprint density at radius 3 is 0.706 bits per heavy atom. The topological polar surface area (TPSA) is 118 Å². The Morgan fingerprint density at radius 1 is 0.388 bits per heavy atom. The Morgan fingerprint density at radius 2 is 0.576 bits per heavy atom. The molecule has 10 rings (SSSR count). The van der Waals surface area contributed by atoms with Crippen molar-refractivity contribution in [2.45, 2.75) is 184 Å². The van der Waals surface area contributed by atoms with Crippen LogP contribution in [0.5, 0.6) is 23.0 Å². The number of phenolic OH excluding ortho intramolecular Hbond substituents is 4. The zero-order valence-corrected chi connectivity index (χ0v) is 58.9. The van der Waals surface area contributed by atoms with Crippen LogP contribution in [0.25, 0.3) is 44.5 Å². The predicted octanol–water partition coefficient (Wildman–Crippen LogP) is 19.5. The van der Waals surface area contributed by atoms with Crippen molar-refractivity contribution in [2.75, 3.05) is 26.4 Å². The van der Waals surface area contributed by atoms with Crippen LogP contribution >= 0.6 is 0 Å². The number of aromatic hydroxyl groups is 4. The van der Waals surface area contributed by atoms with Crippen LogP contribution in [0.3, 0.4) is 0 Å². The van der Waals surface area contributed by atoms with Crippen molar-refractivity contribution >= 4 is 0 Å². The van der Waals surface area contributed by atoms with Crippen molar-refractivity contribution in [3.63, 3.8) is 0 Å². The second-order valence-electron chi connectivity index (χ2n) is 26.0. The Kier molecular flexibility index (Phi) is 32.1. The fourth-order valence-corrected chi connectivity index (χ4v) is 8.70. The molecular formula is C75H98MoO8W-6. The van der Waals surface area contributed by atoms with E-state index in [0.29, 0.717) is 5.41 Å². The van der Waals surface area contributed by atoms with Gasteiger partial charge in [0.15, 0.2) is 0 Å². The third-order valence-corrected chi connectivity index (χ3v) is 15.4. The van der Waals surface area contributed by atoms with E-state index in [4.69, 9.17) is 18.9 Å². The molecule has 6 aromatic carbocycles. The summed E-state index contributed by atoms with van der Waals surface area (Å²) in [5, 5.41) is 43.5. The summed E-state index contributed by atoms with van der Waals surface area (Å²) < 4.78 is 25.2. The van der Waals surface area contributed by atoms with E-state index in [1.54, 1.807) is 0 Å². The summed E-state index contributed by atoms with van der Waals surface area (Å²) in [6.07, 6.45) is 9.50. The van der Waals surface area contributed by atoms with Crippen molar-refractivity contribution < 1.29 is 77.7 Å². The molecule has 0 amide bonds. The molecule has 10 heteroatoms. The van der Waals surface area contributed by atoms with E-state index in [1.165, 1.54) is 44.8 Å². The van der Waals surface area contributed by atoms with Gasteiger partial charge in [0.1, 0.15) is 0 Å². The maximum absolute atomic E-state index is 10.9. The molecule has 0 aromatic heterocycles. The van der Waals surface area contributed by atoms with Crippen molar-refractivity contribution in [2.24, 2.45) is 5.41 Å². The van der Waals surface area contributed by atoms with Crippen LogP contribution in [-0.2, 0) is 78.9 Å². The van der Waals surface area contributed by atoms with Crippen LogP contribution in [0.4, 0.5) is 0 Å². The number of ether oxygens (including phenoxy) is 4. The van der Waals surface area contributed by atoms with Crippen molar-refractivity contribution in [1.82, 2.24) is 0 Å². The van der Waals surface area contributed by atoms with Gasteiger partial charge in [0.25, 0.3) is 0 Å². The van der Waals surface area contributed by atoms with Crippen molar-refractivity contribution in [3.8, 4) is 75.9 Å². The van der Waals surface area contributed by atoms with E-state index in [0.717, 1.165) is 119 Å². The van der Waals surface area contributed by atoms with Gasteiger partial charge in [-0.15, -0.1) is 70.8 Å². The van der Waals surface area contributed by atoms with E-state index in [9.17, 15) is 20.4 Å². The minimum atomic E-state index is -0.156. The van der Waals surface area contributed by atoms with Gasteiger partial charge in [-0.05, 0) is 66.2 Å². The summed E-state index contributed by atoms with van der Waals surface area (Å²) in [7, 11) is 0. The van der Waals surface area contributed by atoms with Gasteiger partial charge in [-0.1, -0.05) is 182 Å². The molecule has 0 radical (unpaired) electrons. The molecule has 0 spiro atoms. The van der Waals surface area contributed by atoms with Crippen LogP contribution in [0.1, 0.15) is 184 Å². The average Bonchev–Trinajstić information content (AvgIpc) is 4.53. The number of hydrogen-bond donors (Lipinski definition) is 4. The van der Waals surface area contributed by atoms with Gasteiger partial charge in [-0.25, -0.2) is 26.4 Å². The largest absolute Gasteiger partial charge is 0.552 e. The molecule has 6 aromatic rings. The van der Waals surface area contributed by atoms with Gasteiger partial charge < -0.3 is 39.4 Å². The molecule has 464 valence electrons. The van der Waals surface area contributed by atoms with E-state index < -0.39 is 0 Å². The summed E-state index contributed by atoms with van der Waals surface area (Å²) in [6.45, 7) is 44.6. The first-order chi connectivity index (χ1) is 40.0. The third kappa shape index (κ3) is 26.3. The van der Waals surface area contributed by atoms with Crippen LogP contribution in [0, 0.1) is 52.4 Å². The van der Waals surface area contributed by atoms with Crippen LogP contribution < -0.4 is 0 Å². The molecule has 0 saturated carbocycles. The molecule has 0 bridgehead atoms. The summed E-state index contributed by atoms with van der Waals surface area (Å²) in [6, 6.07) is 41.8. The maximum Gasteiger partial charge on any atom is 0.00878 e. The maximum atomic E-state index is 10.9. The minimum Gasteiger partial charge on any atom is -0.552 e. The number of rotatable bonds is 4. The standard InChI is InChI=1S/2C26H29O2.C5H9.4C4H7O.C2H3.Mo.W/c2*1-25(2,3)21-14-8-12-19(23(21)27)17-10-7-11-18(16-17)20-13-9-15-22(24(20)28)26(4,5)6;1-5(2,3)4;4*1-2-4-5-3-1;1-2;;/h2*7-15,27-28H,1-6H3;1-3H3;4*3H,1-2,4H2;1H3;;/q2*-1;;4*-1;;;. The first-order valence-corrected chi connectivity index (χ1v) is 32.2. The van der Waals surface area contributed by atoms with Crippen molar-refractivity contribution in [3.05, 3.63) is 170 Å². The van der Waals surface area contributed by atoms with Crippen LogP contribution in [-0.4, -0.2) is 46.9 Å². The number of phenols is 4. The zero-order valence-electron chi connectivity index (χ0n) is 53.9. The van der Waals surface area contributed by atoms with Gasteiger partial charge in [-0.2, -0.15) is 25.7 Å². The summed E-state index contributed by atoms with van der Waals surface area (Å²) in [5.41, 5.74) is 9.55. The van der Waals surface area contributed by atoms with Crippen LogP contribution in [0.15, 0.2) is 109 Å². The molecule has 4 aliphatic rings. The SMILES string of the molecule is CC(C)(C)[C]#[W].CC(C)(C)c1cccc(-c2[c-]c(-c3cccc(C(C)(C)C)c3O)ccc2)c1O.CC(C)(C)c1cccc(-c2[c-]c(-c3cccc(C(C)(C)C)c3O)ccc2)c1O.C[C]#[Mo].[CH-]1CCCO1.[CH-]1CCCO1.[CH-]1CCCO1.[CH-]1CCCO1. The quantitative estimate of drug-likeness (QED) is 0.102. The number of benzene rings is 6. The van der Waals surface area contributed by atoms with Gasteiger partial charge in [0.2, 0.25) is 0 Å². The second kappa shape index (κ2) is 36.6. The van der Waals surface area contributed by atoms with Gasteiger partial charge in [0.05, 0.1) is 23.0 Å². The fourth-order valence-electron chi connectivity index (χ4n) is 8.70. The Balaban J connectivity index is 0.000000302. The Bertz CT molecular complexity index is 2610. The van der Waals surface area contributed by atoms with E-state index in [2.05, 4.69) is 124 Å². The average molecular weight is 1410 g/mol. The molecule has 4 aliphatic heterocycles. The van der Waals surface area contributed by atoms with E-state index in [-0.39, 0.29) is 44.7 Å². The molecule has 4 fully saturated rings. The normalized spacial score (nSPS) is 14.5. The van der Waals surface area contributed by atoms with Crippen LogP contribution in [0.2, 0.25) is 0 Å². The van der Waals surface area contributed by atoms with Crippen molar-refractivity contribution in [1.29, 1.82) is 0 Å². The number of hydrogen-bond acceptors (Lipinski definition) is 8. The second-order valence-corrected chi connectivity index (χ2v) is 27.8. The smallest absolute Gasteiger partial charge is 0.00878 e. The molecule has 0 aliphatic carbocycles. The third-order valence-electron chi connectivity index (χ3n) is 13.2. The van der Waals surface area contributed by atoms with Gasteiger partial charge >= 0.3 is 79.8 Å². The Labute approximate surface area is 535 Å². The van der Waals surface area contributed by atoms with Gasteiger partial charge in [0, 0.05) is 26.4 Å². The van der Waals surface area contributed by atoms with Gasteiger partial charge in [-0.3, -0.25) is 0 Å².